The van der Waals surface area contributed by atoms with Crippen molar-refractivity contribution in [1.29, 1.82) is 0 Å². The average Bonchev–Trinajstić information content (AvgIpc) is 3.82. The Hall–Kier alpha value is -2.17. The van der Waals surface area contributed by atoms with Crippen LogP contribution in [-0.2, 0) is 47.5 Å². The van der Waals surface area contributed by atoms with Crippen molar-refractivity contribution in [1.82, 2.24) is 4.90 Å². The largest absolute Gasteiger partial charge is 0.462 e. The van der Waals surface area contributed by atoms with Crippen molar-refractivity contribution < 1.29 is 52.6 Å². The maximum absolute atomic E-state index is 15.1. The topological polar surface area (TPSA) is 143 Å². The minimum atomic E-state index is -0.916. The van der Waals surface area contributed by atoms with Gasteiger partial charge in [0.05, 0.1) is 43.0 Å². The second-order valence-electron chi connectivity index (χ2n) is 18.8. The molecule has 7 rings (SSSR count). The Balaban J connectivity index is 1.20. The normalized spacial score (nSPS) is 43.3. The van der Waals surface area contributed by atoms with Crippen molar-refractivity contribution in [3.8, 4) is 0 Å². The summed E-state index contributed by atoms with van der Waals surface area (Å²) in [6.07, 6.45) is 3.23. The molecule has 0 radical (unpaired) electrons. The minimum absolute atomic E-state index is 0.00329. The van der Waals surface area contributed by atoms with Crippen LogP contribution in [0.15, 0.2) is 35.9 Å². The van der Waals surface area contributed by atoms with Gasteiger partial charge in [0, 0.05) is 55.8 Å². The van der Waals surface area contributed by atoms with Crippen LogP contribution in [0.2, 0.25) is 5.02 Å². The van der Waals surface area contributed by atoms with E-state index in [2.05, 4.69) is 37.3 Å². The van der Waals surface area contributed by atoms with Crippen LogP contribution < -0.4 is 5.32 Å². The van der Waals surface area contributed by atoms with Gasteiger partial charge >= 0.3 is 5.97 Å². The van der Waals surface area contributed by atoms with E-state index in [1.807, 2.05) is 45.0 Å². The lowest BCUT2D eigenvalue weighted by molar-refractivity contribution is -0.314. The van der Waals surface area contributed by atoms with Gasteiger partial charge in [-0.1, -0.05) is 37.6 Å². The highest BCUT2D eigenvalue weighted by atomic mass is 35.5. The number of benzene rings is 1. The highest BCUT2D eigenvalue weighted by Gasteiger charge is 2.60. The molecule has 2 N–H and O–H groups in total. The fourth-order valence-electron chi connectivity index (χ4n) is 12.0. The van der Waals surface area contributed by atoms with Crippen LogP contribution in [-0.4, -0.2) is 137 Å². The molecule has 3 heterocycles. The first-order valence-corrected chi connectivity index (χ1v) is 23.2. The number of Topliss-reactive ketones (excluding diaryl/α,β-unsaturated/α-hetero) is 1. The van der Waals surface area contributed by atoms with E-state index >= 15 is 4.79 Å². The fraction of sp³-hybridized carbons (Fsp3) is 0.787. The van der Waals surface area contributed by atoms with Crippen LogP contribution in [0.4, 0.5) is 5.69 Å². The maximum atomic E-state index is 15.1. The van der Waals surface area contributed by atoms with Gasteiger partial charge in [-0.15, -0.1) is 0 Å². The van der Waals surface area contributed by atoms with Crippen LogP contribution in [0.3, 0.4) is 0 Å². The number of halogens is 1. The van der Waals surface area contributed by atoms with E-state index in [4.69, 9.17) is 49.5 Å². The first-order valence-electron chi connectivity index (χ1n) is 22.8. The molecule has 4 unspecified atom stereocenters. The lowest BCUT2D eigenvalue weighted by atomic mass is 9.62. The predicted octanol–water partition coefficient (Wildman–Crippen LogP) is 6.43. The molecule has 13 nitrogen and oxygen atoms in total. The molecular weight excluding hydrogens is 804 g/mol. The number of methoxy groups -OCH3 is 3. The number of fused-ring (bicyclic) bond motifs is 5. The number of nitrogens with zero attached hydrogens (tertiary/aromatic N) is 1. The van der Waals surface area contributed by atoms with Crippen LogP contribution >= 0.6 is 11.6 Å². The second-order valence-corrected chi connectivity index (χ2v) is 19.2. The fourth-order valence-corrected chi connectivity index (χ4v) is 12.2. The van der Waals surface area contributed by atoms with E-state index in [0.717, 1.165) is 24.9 Å². The summed E-state index contributed by atoms with van der Waals surface area (Å²) in [5.41, 5.74) is 1.38. The maximum Gasteiger partial charge on any atom is 0.306 e. The average molecular weight is 876 g/mol. The molecular formula is C47H71ClN2O11. The number of allylic oxidation sites excluding steroid dienone is 2. The molecule has 0 aromatic heterocycles. The van der Waals surface area contributed by atoms with Gasteiger partial charge in [-0.2, -0.15) is 0 Å². The Labute approximate surface area is 367 Å². The van der Waals surface area contributed by atoms with Gasteiger partial charge in [-0.25, -0.2) is 0 Å². The number of aliphatic hydroxyl groups excluding tert-OH is 1. The number of likely N-dealkylation sites (N-methyl/N-ethyl adjacent to an activating group) is 1. The smallest absolute Gasteiger partial charge is 0.306 e. The van der Waals surface area contributed by atoms with Crippen molar-refractivity contribution in [2.45, 2.75) is 165 Å². The molecule has 2 saturated carbocycles. The molecule has 61 heavy (non-hydrogen) atoms. The summed E-state index contributed by atoms with van der Waals surface area (Å²) in [4.78, 5) is 31.2. The summed E-state index contributed by atoms with van der Waals surface area (Å²) in [5.74, 6) is -2.10. The Morgan fingerprint density at radius 1 is 0.902 bits per heavy atom. The SMILES string of the molecule is CC[C@H]1CCC[C@H](O[C@H]2CC[C@H](N(C)C)C(C)O2)[C@@H](C)C(=O)C2=C[C@H]3[C@@H]4C[C@H](O[C@@H]5OC(C)[C@H](OC)C(OC)C5OC)C[C@H]4[C@H](Nc4cccc(Cl)c4)[C@@H](O)[C@H]3[C@@H]2CC(=O)O1. The Morgan fingerprint density at radius 2 is 1.64 bits per heavy atom. The van der Waals surface area contributed by atoms with Crippen LogP contribution in [0.25, 0.3) is 0 Å². The molecule has 6 aliphatic rings. The highest BCUT2D eigenvalue weighted by molar-refractivity contribution is 6.30. The van der Waals surface area contributed by atoms with Crippen LogP contribution in [0.1, 0.15) is 85.5 Å². The molecule has 19 atom stereocenters. The number of hydrogen-bond acceptors (Lipinski definition) is 13. The van der Waals surface area contributed by atoms with Crippen molar-refractivity contribution in [3.63, 3.8) is 0 Å². The molecule has 14 heteroatoms. The van der Waals surface area contributed by atoms with Gasteiger partial charge in [0.25, 0.3) is 0 Å². The number of aliphatic hydroxyl groups is 1. The number of ketones is 1. The summed E-state index contributed by atoms with van der Waals surface area (Å²) < 4.78 is 50.2. The van der Waals surface area contributed by atoms with Gasteiger partial charge < -0.3 is 53.2 Å². The van der Waals surface area contributed by atoms with Crippen molar-refractivity contribution in [2.75, 3.05) is 40.7 Å². The molecule has 0 bridgehead atoms. The Morgan fingerprint density at radius 3 is 2.31 bits per heavy atom. The van der Waals surface area contributed by atoms with E-state index < -0.39 is 60.8 Å². The van der Waals surface area contributed by atoms with Crippen molar-refractivity contribution >= 4 is 29.0 Å². The lowest BCUT2D eigenvalue weighted by Crippen LogP contribution is -2.59. The molecule has 0 spiro atoms. The molecule has 3 aliphatic carbocycles. The first kappa shape index (κ1) is 46.8. The number of nitrogens with one attached hydrogen (secondary N) is 1. The van der Waals surface area contributed by atoms with E-state index in [-0.39, 0.29) is 66.4 Å². The van der Waals surface area contributed by atoms with Crippen molar-refractivity contribution in [2.24, 2.45) is 35.5 Å². The molecule has 1 aromatic rings. The Kier molecular flexibility index (Phi) is 15.6. The Bertz CT molecular complexity index is 1680. The predicted molar refractivity (Wildman–Crippen MR) is 230 cm³/mol. The molecule has 3 saturated heterocycles. The zero-order valence-corrected chi connectivity index (χ0v) is 38.3. The lowest BCUT2D eigenvalue weighted by Gasteiger charge is -2.47. The third-order valence-electron chi connectivity index (χ3n) is 15.1. The van der Waals surface area contributed by atoms with Gasteiger partial charge in [0.2, 0.25) is 0 Å². The van der Waals surface area contributed by atoms with Gasteiger partial charge in [0.15, 0.2) is 18.4 Å². The summed E-state index contributed by atoms with van der Waals surface area (Å²) in [5, 5.41) is 17.0. The molecule has 0 amide bonds. The summed E-state index contributed by atoms with van der Waals surface area (Å²) in [6, 6.07) is 7.36. The van der Waals surface area contributed by atoms with Gasteiger partial charge in [-0.05, 0) is 121 Å². The number of hydrogen-bond donors (Lipinski definition) is 2. The number of carbonyl (C=O) groups excluding carboxylic acids is 2. The molecule has 1 aromatic carbocycles. The summed E-state index contributed by atoms with van der Waals surface area (Å²) >= 11 is 6.48. The van der Waals surface area contributed by atoms with Crippen LogP contribution in [0.5, 0.6) is 0 Å². The number of ether oxygens (including phenoxy) is 8. The summed E-state index contributed by atoms with van der Waals surface area (Å²) in [6.45, 7) is 8.03. The van der Waals surface area contributed by atoms with E-state index in [1.165, 1.54) is 0 Å². The van der Waals surface area contributed by atoms with Crippen LogP contribution in [0, 0.1) is 35.5 Å². The summed E-state index contributed by atoms with van der Waals surface area (Å²) in [7, 11) is 9.04. The number of cyclic esters (lactones) is 1. The quantitative estimate of drug-likeness (QED) is 0.236. The monoisotopic (exact) mass is 874 g/mol. The second kappa shape index (κ2) is 20.3. The zero-order chi connectivity index (χ0) is 43.7. The first-order chi connectivity index (χ1) is 29.3. The van der Waals surface area contributed by atoms with E-state index in [0.29, 0.717) is 48.7 Å². The zero-order valence-electron chi connectivity index (χ0n) is 37.6. The molecule has 5 fully saturated rings. The standard InChI is InChI=1S/C47H71ClN2O11/c1-10-29-15-12-16-37(61-39-18-17-36(50(5)6)25(3)57-39)24(2)42(52)35-22-32-31-20-30(60-47-46(56-9)45(55-8)44(54-7)26(4)58-47)21-34(31)41(49-28-14-11-13-27(48)19-28)43(53)40(32)33(35)23-38(51)59-29/h11,13-14,19,22,24-26,29-34,36-37,39-41,43-47,49,53H,10,12,15-18,20-21,23H2,1-9H3/t24-,25?,26?,29+,30+,31+,32+,33-,34-,36+,37+,39+,40-,41+,43+,44+,45?,46?,47+/m1/s1. The number of anilines is 1. The van der Waals surface area contributed by atoms with Gasteiger partial charge in [0.1, 0.15) is 24.4 Å². The van der Waals surface area contributed by atoms with E-state index in [1.54, 1.807) is 21.3 Å². The van der Waals surface area contributed by atoms with Crippen molar-refractivity contribution in [3.05, 3.63) is 40.9 Å². The third kappa shape index (κ3) is 9.92. The minimum Gasteiger partial charge on any atom is -0.462 e. The third-order valence-corrected chi connectivity index (χ3v) is 15.3. The highest BCUT2D eigenvalue weighted by Crippen LogP contribution is 2.57. The number of carbonyl (C=O) groups is 2. The molecule has 342 valence electrons. The number of esters is 1. The van der Waals surface area contributed by atoms with Gasteiger partial charge in [-0.3, -0.25) is 9.59 Å². The van der Waals surface area contributed by atoms with E-state index in [9.17, 15) is 9.90 Å². The number of rotatable bonds is 11. The molecule has 3 aliphatic heterocycles.